The molecule has 2 rings (SSSR count). The fourth-order valence-electron chi connectivity index (χ4n) is 3.32. The summed E-state index contributed by atoms with van der Waals surface area (Å²) in [6.07, 6.45) is 6.37. The summed E-state index contributed by atoms with van der Waals surface area (Å²) in [5.74, 6) is 0.365. The molecule has 0 radical (unpaired) electrons. The van der Waals surface area contributed by atoms with Gasteiger partial charge in [-0.05, 0) is 31.1 Å². The van der Waals surface area contributed by atoms with Crippen LogP contribution in [0, 0.1) is 22.7 Å². The monoisotopic (exact) mass is 234 g/mol. The molecule has 2 fully saturated rings. The van der Waals surface area contributed by atoms with Crippen LogP contribution in [0.25, 0.3) is 0 Å². The molecule has 0 aromatic rings. The lowest BCUT2D eigenvalue weighted by Gasteiger charge is -2.40. The molecule has 2 unspecified atom stereocenters. The first-order valence-corrected chi connectivity index (χ1v) is 6.76. The Kier molecular flexibility index (Phi) is 3.42. The molecule has 94 valence electrons. The van der Waals surface area contributed by atoms with Crippen molar-refractivity contribution < 1.29 is 4.79 Å². The standard InChI is InChI=1S/C14H22N2O/c1-14(2)8-4-3-7-12(14)13(17)16-9-5-6-11(16)10-15/h11-12H,3-9H2,1-2H3. The van der Waals surface area contributed by atoms with Gasteiger partial charge in [0.05, 0.1) is 6.07 Å². The fourth-order valence-corrected chi connectivity index (χ4v) is 3.32. The molecule has 1 aliphatic carbocycles. The number of hydrogen-bond donors (Lipinski definition) is 0. The predicted octanol–water partition coefficient (Wildman–Crippen LogP) is 2.72. The second-order valence-electron chi connectivity index (χ2n) is 6.11. The normalized spacial score (nSPS) is 32.2. The van der Waals surface area contributed by atoms with Crippen LogP contribution in [0.3, 0.4) is 0 Å². The number of carbonyl (C=O) groups excluding carboxylic acids is 1. The number of hydrogen-bond acceptors (Lipinski definition) is 2. The first-order chi connectivity index (χ1) is 8.06. The van der Waals surface area contributed by atoms with Crippen molar-refractivity contribution in [3.8, 4) is 6.07 Å². The van der Waals surface area contributed by atoms with Crippen molar-refractivity contribution in [2.45, 2.75) is 58.4 Å². The molecule has 1 saturated heterocycles. The number of likely N-dealkylation sites (tertiary alicyclic amines) is 1. The molecule has 0 N–H and O–H groups in total. The number of nitriles is 1. The van der Waals surface area contributed by atoms with E-state index in [1.807, 2.05) is 4.90 Å². The molecule has 3 heteroatoms. The Hall–Kier alpha value is -1.04. The molecule has 2 aliphatic rings. The highest BCUT2D eigenvalue weighted by Crippen LogP contribution is 2.42. The first-order valence-electron chi connectivity index (χ1n) is 6.76. The summed E-state index contributed by atoms with van der Waals surface area (Å²) in [5, 5.41) is 9.07. The van der Waals surface area contributed by atoms with Crippen molar-refractivity contribution in [1.82, 2.24) is 4.90 Å². The van der Waals surface area contributed by atoms with E-state index in [1.165, 1.54) is 6.42 Å². The summed E-state index contributed by atoms with van der Waals surface area (Å²) in [6.45, 7) is 5.18. The van der Waals surface area contributed by atoms with Crippen molar-refractivity contribution in [3.63, 3.8) is 0 Å². The summed E-state index contributed by atoms with van der Waals surface area (Å²) in [4.78, 5) is 14.4. The first kappa shape index (κ1) is 12.4. The van der Waals surface area contributed by atoms with Crippen LogP contribution >= 0.6 is 0 Å². The average Bonchev–Trinajstić information content (AvgIpc) is 2.75. The van der Waals surface area contributed by atoms with E-state index < -0.39 is 0 Å². The van der Waals surface area contributed by atoms with Gasteiger partial charge in [0.1, 0.15) is 6.04 Å². The second-order valence-corrected chi connectivity index (χ2v) is 6.11. The topological polar surface area (TPSA) is 44.1 Å². The Bertz CT molecular complexity index is 343. The van der Waals surface area contributed by atoms with Crippen molar-refractivity contribution >= 4 is 5.91 Å². The molecule has 1 aliphatic heterocycles. The number of amides is 1. The number of carbonyl (C=O) groups is 1. The van der Waals surface area contributed by atoms with E-state index in [2.05, 4.69) is 19.9 Å². The molecule has 0 aromatic carbocycles. The van der Waals surface area contributed by atoms with Crippen LogP contribution in [0.4, 0.5) is 0 Å². The van der Waals surface area contributed by atoms with E-state index in [0.29, 0.717) is 0 Å². The predicted molar refractivity (Wildman–Crippen MR) is 66.1 cm³/mol. The van der Waals surface area contributed by atoms with E-state index in [1.54, 1.807) is 0 Å². The van der Waals surface area contributed by atoms with Crippen LogP contribution in [0.2, 0.25) is 0 Å². The van der Waals surface area contributed by atoms with Crippen molar-refractivity contribution in [1.29, 1.82) is 5.26 Å². The highest BCUT2D eigenvalue weighted by Gasteiger charge is 2.41. The van der Waals surface area contributed by atoms with Crippen molar-refractivity contribution in [2.75, 3.05) is 6.54 Å². The van der Waals surface area contributed by atoms with Gasteiger partial charge in [-0.25, -0.2) is 0 Å². The molecule has 0 aromatic heterocycles. The Morgan fingerprint density at radius 1 is 1.29 bits per heavy atom. The molecule has 2 atom stereocenters. The van der Waals surface area contributed by atoms with E-state index >= 15 is 0 Å². The number of rotatable bonds is 1. The Morgan fingerprint density at radius 3 is 2.71 bits per heavy atom. The zero-order chi connectivity index (χ0) is 12.5. The fraction of sp³-hybridized carbons (Fsp3) is 0.857. The highest BCUT2D eigenvalue weighted by molar-refractivity contribution is 5.80. The zero-order valence-electron chi connectivity index (χ0n) is 10.9. The summed E-state index contributed by atoms with van der Waals surface area (Å²) < 4.78 is 0. The van der Waals surface area contributed by atoms with Crippen LogP contribution in [0.1, 0.15) is 52.4 Å². The molecule has 0 bridgehead atoms. The molecule has 0 spiro atoms. The van der Waals surface area contributed by atoms with Gasteiger partial charge in [0.15, 0.2) is 0 Å². The average molecular weight is 234 g/mol. The lowest BCUT2D eigenvalue weighted by molar-refractivity contribution is -0.141. The van der Waals surface area contributed by atoms with Gasteiger partial charge in [0, 0.05) is 12.5 Å². The summed E-state index contributed by atoms with van der Waals surface area (Å²) in [7, 11) is 0. The molecular formula is C14H22N2O. The van der Waals surface area contributed by atoms with Crippen LogP contribution in [0.15, 0.2) is 0 Å². The Balaban J connectivity index is 2.11. The third-order valence-electron chi connectivity index (χ3n) is 4.49. The van der Waals surface area contributed by atoms with Gasteiger partial charge in [-0.1, -0.05) is 26.7 Å². The minimum Gasteiger partial charge on any atom is -0.326 e. The second kappa shape index (κ2) is 4.68. The maximum atomic E-state index is 12.6. The van der Waals surface area contributed by atoms with Gasteiger partial charge in [0.2, 0.25) is 5.91 Å². The van der Waals surface area contributed by atoms with E-state index in [4.69, 9.17) is 5.26 Å². The minimum absolute atomic E-state index is 0.109. The van der Waals surface area contributed by atoms with Crippen LogP contribution in [-0.4, -0.2) is 23.4 Å². The maximum absolute atomic E-state index is 12.6. The Morgan fingerprint density at radius 2 is 2.06 bits per heavy atom. The van der Waals surface area contributed by atoms with Crippen LogP contribution in [0.5, 0.6) is 0 Å². The third kappa shape index (κ3) is 2.31. The molecule has 17 heavy (non-hydrogen) atoms. The lowest BCUT2D eigenvalue weighted by atomic mass is 9.68. The minimum atomic E-state index is -0.166. The summed E-state index contributed by atoms with van der Waals surface area (Å²) >= 11 is 0. The molecular weight excluding hydrogens is 212 g/mol. The maximum Gasteiger partial charge on any atom is 0.227 e. The number of nitrogens with zero attached hydrogens (tertiary/aromatic N) is 2. The van der Waals surface area contributed by atoms with Crippen molar-refractivity contribution in [2.24, 2.45) is 11.3 Å². The highest BCUT2D eigenvalue weighted by atomic mass is 16.2. The van der Waals surface area contributed by atoms with Gasteiger partial charge in [-0.2, -0.15) is 5.26 Å². The van der Waals surface area contributed by atoms with E-state index in [9.17, 15) is 4.79 Å². The molecule has 1 amide bonds. The largest absolute Gasteiger partial charge is 0.326 e. The third-order valence-corrected chi connectivity index (χ3v) is 4.49. The quantitative estimate of drug-likeness (QED) is 0.700. The van der Waals surface area contributed by atoms with Gasteiger partial charge >= 0.3 is 0 Å². The van der Waals surface area contributed by atoms with Crippen molar-refractivity contribution in [3.05, 3.63) is 0 Å². The van der Waals surface area contributed by atoms with E-state index in [0.717, 1.165) is 38.6 Å². The van der Waals surface area contributed by atoms with Gasteiger partial charge in [-0.15, -0.1) is 0 Å². The Labute approximate surface area is 104 Å². The molecule has 1 heterocycles. The lowest BCUT2D eigenvalue weighted by Crippen LogP contribution is -2.45. The summed E-state index contributed by atoms with van der Waals surface area (Å²) in [5.41, 5.74) is 0.109. The molecule has 3 nitrogen and oxygen atoms in total. The summed E-state index contributed by atoms with van der Waals surface area (Å²) in [6, 6.07) is 2.10. The SMILES string of the molecule is CC1(C)CCCCC1C(=O)N1CCCC1C#N. The van der Waals surface area contributed by atoms with Crippen LogP contribution in [-0.2, 0) is 4.79 Å². The van der Waals surface area contributed by atoms with Gasteiger partial charge in [0.25, 0.3) is 0 Å². The molecule has 1 saturated carbocycles. The van der Waals surface area contributed by atoms with Gasteiger partial charge < -0.3 is 4.90 Å². The van der Waals surface area contributed by atoms with Crippen LogP contribution < -0.4 is 0 Å². The van der Waals surface area contributed by atoms with E-state index in [-0.39, 0.29) is 23.3 Å². The zero-order valence-corrected chi connectivity index (χ0v) is 10.9. The van der Waals surface area contributed by atoms with Gasteiger partial charge in [-0.3, -0.25) is 4.79 Å². The smallest absolute Gasteiger partial charge is 0.227 e.